The minimum absolute atomic E-state index is 0.103. The molecule has 3 atom stereocenters. The molecule has 1 aromatic rings. The maximum Gasteiger partial charge on any atom is 0.282 e. The zero-order valence-electron chi connectivity index (χ0n) is 10.4. The van der Waals surface area contributed by atoms with Crippen molar-refractivity contribution < 1.29 is 0 Å². The monoisotopic (exact) mass is 299 g/mol. The number of nitrogens with one attached hydrogen (secondary N) is 1. The summed E-state index contributed by atoms with van der Waals surface area (Å²) in [5, 5.41) is 7.47. The van der Waals surface area contributed by atoms with Crippen molar-refractivity contribution in [1.82, 2.24) is 9.78 Å². The van der Waals surface area contributed by atoms with Crippen molar-refractivity contribution in [3.63, 3.8) is 0 Å². The van der Waals surface area contributed by atoms with Crippen LogP contribution in [0.3, 0.4) is 0 Å². The minimum atomic E-state index is -0.103. The maximum atomic E-state index is 11.7. The lowest BCUT2D eigenvalue weighted by Crippen LogP contribution is -2.27. The Morgan fingerprint density at radius 3 is 2.76 bits per heavy atom. The van der Waals surface area contributed by atoms with Crippen molar-refractivity contribution >= 4 is 21.6 Å². The molecule has 0 aliphatic heterocycles. The van der Waals surface area contributed by atoms with Gasteiger partial charge in [0.1, 0.15) is 4.47 Å². The molecule has 1 aromatic heterocycles. The van der Waals surface area contributed by atoms with Gasteiger partial charge >= 0.3 is 0 Å². The SMILES string of the molecule is CC1CCC(Nc2cnn(C)c(=O)c2Br)C1C. The van der Waals surface area contributed by atoms with E-state index in [0.29, 0.717) is 16.4 Å². The quantitative estimate of drug-likeness (QED) is 0.912. The Kier molecular flexibility index (Phi) is 3.56. The van der Waals surface area contributed by atoms with Gasteiger partial charge in [-0.3, -0.25) is 4.79 Å². The number of nitrogens with zero attached hydrogens (tertiary/aromatic N) is 2. The third-order valence-corrected chi connectivity index (χ3v) is 4.65. The van der Waals surface area contributed by atoms with Gasteiger partial charge in [-0.1, -0.05) is 13.8 Å². The molecule has 4 nitrogen and oxygen atoms in total. The van der Waals surface area contributed by atoms with E-state index in [-0.39, 0.29) is 5.56 Å². The second-order valence-electron chi connectivity index (χ2n) is 4.97. The van der Waals surface area contributed by atoms with E-state index < -0.39 is 0 Å². The van der Waals surface area contributed by atoms with E-state index in [4.69, 9.17) is 0 Å². The summed E-state index contributed by atoms with van der Waals surface area (Å²) >= 11 is 3.34. The van der Waals surface area contributed by atoms with Gasteiger partial charge in [0.2, 0.25) is 0 Å². The molecule has 2 rings (SSSR count). The van der Waals surface area contributed by atoms with E-state index in [9.17, 15) is 4.79 Å². The van der Waals surface area contributed by atoms with E-state index in [2.05, 4.69) is 40.2 Å². The van der Waals surface area contributed by atoms with Gasteiger partial charge in [-0.2, -0.15) is 5.10 Å². The molecule has 5 heteroatoms. The molecule has 3 unspecified atom stereocenters. The van der Waals surface area contributed by atoms with Crippen LogP contribution in [0.5, 0.6) is 0 Å². The third kappa shape index (κ3) is 2.39. The van der Waals surface area contributed by atoms with Crippen LogP contribution < -0.4 is 10.9 Å². The summed E-state index contributed by atoms with van der Waals surface area (Å²) < 4.78 is 1.90. The van der Waals surface area contributed by atoms with Crippen LogP contribution in [0.15, 0.2) is 15.5 Å². The molecule has 0 aromatic carbocycles. The summed E-state index contributed by atoms with van der Waals surface area (Å²) in [6, 6.07) is 0.440. The number of hydrogen-bond donors (Lipinski definition) is 1. The topological polar surface area (TPSA) is 46.9 Å². The van der Waals surface area contributed by atoms with Crippen molar-refractivity contribution in [3.8, 4) is 0 Å². The van der Waals surface area contributed by atoms with Gasteiger partial charge in [0.15, 0.2) is 0 Å². The van der Waals surface area contributed by atoms with Crippen LogP contribution in [-0.2, 0) is 7.05 Å². The highest BCUT2D eigenvalue weighted by Crippen LogP contribution is 2.33. The first-order valence-corrected chi connectivity index (χ1v) is 6.78. The molecule has 1 N–H and O–H groups in total. The fraction of sp³-hybridized carbons (Fsp3) is 0.667. The van der Waals surface area contributed by atoms with Crippen molar-refractivity contribution in [1.29, 1.82) is 0 Å². The molecule has 0 saturated heterocycles. The van der Waals surface area contributed by atoms with Crippen molar-refractivity contribution in [3.05, 3.63) is 21.0 Å². The number of anilines is 1. The predicted molar refractivity (Wildman–Crippen MR) is 72.2 cm³/mol. The van der Waals surface area contributed by atoms with Gasteiger partial charge < -0.3 is 5.32 Å². The summed E-state index contributed by atoms with van der Waals surface area (Å²) in [4.78, 5) is 11.7. The Morgan fingerprint density at radius 2 is 2.18 bits per heavy atom. The first kappa shape index (κ1) is 12.6. The van der Waals surface area contributed by atoms with Gasteiger partial charge in [-0.05, 0) is 40.6 Å². The Labute approximate surface area is 110 Å². The molecular formula is C12H18BrN3O. The summed E-state index contributed by atoms with van der Waals surface area (Å²) in [6.07, 6.45) is 4.11. The van der Waals surface area contributed by atoms with Crippen molar-refractivity contribution in [2.75, 3.05) is 5.32 Å². The fourth-order valence-electron chi connectivity index (χ4n) is 2.38. The number of hydrogen-bond acceptors (Lipinski definition) is 3. The fourth-order valence-corrected chi connectivity index (χ4v) is 2.85. The first-order valence-electron chi connectivity index (χ1n) is 5.99. The summed E-state index contributed by atoms with van der Waals surface area (Å²) in [5.41, 5.74) is 0.702. The average Bonchev–Trinajstić information content (AvgIpc) is 2.62. The molecule has 1 heterocycles. The van der Waals surface area contributed by atoms with E-state index in [1.165, 1.54) is 11.1 Å². The van der Waals surface area contributed by atoms with Crippen LogP contribution in [0.4, 0.5) is 5.69 Å². The molecule has 1 fully saturated rings. The van der Waals surface area contributed by atoms with E-state index in [1.807, 2.05) is 0 Å². The molecule has 0 spiro atoms. The molecule has 0 amide bonds. The van der Waals surface area contributed by atoms with Crippen LogP contribution in [0, 0.1) is 11.8 Å². The zero-order chi connectivity index (χ0) is 12.6. The number of rotatable bonds is 2. The molecule has 1 aliphatic carbocycles. The second kappa shape index (κ2) is 4.80. The minimum Gasteiger partial charge on any atom is -0.380 e. The van der Waals surface area contributed by atoms with Gasteiger partial charge in [-0.15, -0.1) is 0 Å². The number of halogens is 1. The number of aromatic nitrogens is 2. The largest absolute Gasteiger partial charge is 0.380 e. The average molecular weight is 300 g/mol. The van der Waals surface area contributed by atoms with Crippen LogP contribution in [-0.4, -0.2) is 15.8 Å². The van der Waals surface area contributed by atoms with Gasteiger partial charge in [-0.25, -0.2) is 4.68 Å². The van der Waals surface area contributed by atoms with Crippen LogP contribution in [0.2, 0.25) is 0 Å². The molecule has 17 heavy (non-hydrogen) atoms. The molecule has 94 valence electrons. The molecule has 1 saturated carbocycles. The van der Waals surface area contributed by atoms with Gasteiger partial charge in [0.05, 0.1) is 11.9 Å². The molecule has 0 bridgehead atoms. The summed E-state index contributed by atoms with van der Waals surface area (Å²) in [7, 11) is 1.65. The Morgan fingerprint density at radius 1 is 1.47 bits per heavy atom. The van der Waals surface area contributed by atoms with E-state index >= 15 is 0 Å². The second-order valence-corrected chi connectivity index (χ2v) is 5.76. The third-order valence-electron chi connectivity index (χ3n) is 3.88. The van der Waals surface area contributed by atoms with Gasteiger partial charge in [0, 0.05) is 13.1 Å². The van der Waals surface area contributed by atoms with Crippen LogP contribution >= 0.6 is 15.9 Å². The van der Waals surface area contributed by atoms with Crippen molar-refractivity contribution in [2.24, 2.45) is 18.9 Å². The van der Waals surface area contributed by atoms with E-state index in [1.54, 1.807) is 13.2 Å². The van der Waals surface area contributed by atoms with Gasteiger partial charge in [0.25, 0.3) is 5.56 Å². The van der Waals surface area contributed by atoms with Crippen LogP contribution in [0.1, 0.15) is 26.7 Å². The van der Waals surface area contributed by atoms with Crippen LogP contribution in [0.25, 0.3) is 0 Å². The highest BCUT2D eigenvalue weighted by atomic mass is 79.9. The predicted octanol–water partition coefficient (Wildman–Crippen LogP) is 2.39. The first-order chi connectivity index (χ1) is 8.00. The molecular weight excluding hydrogens is 282 g/mol. The lowest BCUT2D eigenvalue weighted by molar-refractivity contribution is 0.435. The lowest BCUT2D eigenvalue weighted by Gasteiger charge is -2.21. The van der Waals surface area contributed by atoms with Crippen molar-refractivity contribution in [2.45, 2.75) is 32.7 Å². The van der Waals surface area contributed by atoms with E-state index in [0.717, 1.165) is 18.0 Å². The highest BCUT2D eigenvalue weighted by molar-refractivity contribution is 9.10. The smallest absolute Gasteiger partial charge is 0.282 e. The standard InChI is InChI=1S/C12H18BrN3O/c1-7-4-5-9(8(7)2)15-10-6-14-16(3)12(17)11(10)13/h6-9,15H,4-5H2,1-3H3. The lowest BCUT2D eigenvalue weighted by atomic mass is 9.98. The summed E-state index contributed by atoms with van der Waals surface area (Å²) in [5.74, 6) is 1.37. The Bertz CT molecular complexity index is 471. The Hall–Kier alpha value is -0.840. The number of aryl methyl sites for hydroxylation is 1. The zero-order valence-corrected chi connectivity index (χ0v) is 12.0. The maximum absolute atomic E-state index is 11.7. The summed E-state index contributed by atoms with van der Waals surface area (Å²) in [6.45, 7) is 4.54. The molecule has 1 aliphatic rings. The molecule has 0 radical (unpaired) electrons. The highest BCUT2D eigenvalue weighted by Gasteiger charge is 2.30. The normalized spacial score (nSPS) is 28.4. The Balaban J connectivity index is 2.20.